The van der Waals surface area contributed by atoms with Crippen molar-refractivity contribution in [1.29, 1.82) is 0 Å². The van der Waals surface area contributed by atoms with Crippen LogP contribution >= 0.6 is 0 Å². The van der Waals surface area contributed by atoms with Crippen LogP contribution in [-0.2, 0) is 21.2 Å². The van der Waals surface area contributed by atoms with Gasteiger partial charge in [0.2, 0.25) is 10.0 Å². The number of carbonyl (C=O) groups is 1. The van der Waals surface area contributed by atoms with Gasteiger partial charge in [0.25, 0.3) is 0 Å². The number of carbonyl (C=O) groups excluding carboxylic acids is 1. The lowest BCUT2D eigenvalue weighted by Crippen LogP contribution is -2.36. The maximum atomic E-state index is 12.8. The van der Waals surface area contributed by atoms with Gasteiger partial charge in [-0.05, 0) is 59.9 Å². The predicted molar refractivity (Wildman–Crippen MR) is 125 cm³/mol. The van der Waals surface area contributed by atoms with Gasteiger partial charge in [0.1, 0.15) is 5.78 Å². The number of fused-ring (bicyclic) bond motifs is 1. The molecule has 0 amide bonds. The van der Waals surface area contributed by atoms with Gasteiger partial charge >= 0.3 is 0 Å². The van der Waals surface area contributed by atoms with Gasteiger partial charge in [-0.15, -0.1) is 0 Å². The molecule has 6 heteroatoms. The summed E-state index contributed by atoms with van der Waals surface area (Å²) in [7, 11) is -3.49. The fourth-order valence-electron chi connectivity index (χ4n) is 4.90. The van der Waals surface area contributed by atoms with Crippen LogP contribution in [0, 0.1) is 5.92 Å². The Morgan fingerprint density at radius 3 is 2.53 bits per heavy atom. The molecule has 0 radical (unpaired) electrons. The Labute approximate surface area is 189 Å². The minimum Gasteiger partial charge on any atom is -0.299 e. The van der Waals surface area contributed by atoms with Crippen LogP contribution < -0.4 is 4.72 Å². The van der Waals surface area contributed by atoms with E-state index in [0.29, 0.717) is 11.3 Å². The zero-order valence-electron chi connectivity index (χ0n) is 18.0. The van der Waals surface area contributed by atoms with Crippen LogP contribution in [0.25, 0.3) is 10.8 Å². The average Bonchev–Trinajstić information content (AvgIpc) is 3.61. The maximum absolute atomic E-state index is 12.8. The quantitative estimate of drug-likeness (QED) is 0.565. The van der Waals surface area contributed by atoms with Gasteiger partial charge in [0.05, 0.1) is 4.90 Å². The summed E-state index contributed by atoms with van der Waals surface area (Å²) in [4.78, 5) is 17.3. The molecule has 0 saturated heterocycles. The Hall–Kier alpha value is -2.57. The Morgan fingerprint density at radius 2 is 1.75 bits per heavy atom. The molecule has 2 aliphatic rings. The topological polar surface area (TPSA) is 76.1 Å². The van der Waals surface area contributed by atoms with Crippen molar-refractivity contribution in [1.82, 2.24) is 9.71 Å². The zero-order chi connectivity index (χ0) is 22.1. The van der Waals surface area contributed by atoms with E-state index in [0.717, 1.165) is 54.0 Å². The van der Waals surface area contributed by atoms with Crippen molar-refractivity contribution >= 4 is 26.6 Å². The molecule has 5 rings (SSSR count). The second kappa shape index (κ2) is 8.75. The van der Waals surface area contributed by atoms with Crippen molar-refractivity contribution in [3.63, 3.8) is 0 Å². The van der Waals surface area contributed by atoms with Crippen LogP contribution in [0.2, 0.25) is 0 Å². The van der Waals surface area contributed by atoms with Gasteiger partial charge in [-0.2, -0.15) is 0 Å². The number of nitrogens with zero attached hydrogens (tertiary/aromatic N) is 1. The summed E-state index contributed by atoms with van der Waals surface area (Å²) in [5.74, 6) is 0.459. The smallest absolute Gasteiger partial charge is 0.240 e. The molecule has 3 aromatic rings. The molecule has 1 aromatic heterocycles. The highest BCUT2D eigenvalue weighted by Crippen LogP contribution is 2.48. The van der Waals surface area contributed by atoms with E-state index in [1.807, 2.05) is 36.5 Å². The first-order valence-electron chi connectivity index (χ1n) is 11.5. The zero-order valence-corrected chi connectivity index (χ0v) is 18.9. The standard InChI is InChI=1S/C26H28N2O3S/c29-26(15-18-6-7-21-17-27-13-12-20(21)14-18)25-16-24(25)19-8-10-23(11-9-19)32(30,31)28-22-4-2-1-3-5-22/h6-14,17,22,24-25,28H,1-5,15-16H2. The first kappa shape index (κ1) is 21.3. The second-order valence-corrected chi connectivity index (χ2v) is 10.9. The minimum absolute atomic E-state index is 0.0194. The van der Waals surface area contributed by atoms with Gasteiger partial charge in [0.15, 0.2) is 0 Å². The molecule has 2 unspecified atom stereocenters. The lowest BCUT2D eigenvalue weighted by Gasteiger charge is -2.22. The number of benzene rings is 2. The molecular formula is C26H28N2O3S. The van der Waals surface area contributed by atoms with Gasteiger partial charge in [0, 0.05) is 36.2 Å². The summed E-state index contributed by atoms with van der Waals surface area (Å²) < 4.78 is 28.3. The molecule has 5 nitrogen and oxygen atoms in total. The van der Waals surface area contributed by atoms with Crippen molar-refractivity contribution in [3.8, 4) is 0 Å². The summed E-state index contributed by atoms with van der Waals surface area (Å²) in [5.41, 5.74) is 2.07. The number of aromatic nitrogens is 1. The highest BCUT2D eigenvalue weighted by atomic mass is 32.2. The summed E-state index contributed by atoms with van der Waals surface area (Å²) in [6, 6.07) is 15.2. The number of hydrogen-bond acceptors (Lipinski definition) is 4. The molecular weight excluding hydrogens is 420 g/mol. The number of rotatable bonds is 7. The molecule has 2 fully saturated rings. The number of ketones is 1. The van der Waals surface area contributed by atoms with Crippen LogP contribution in [0.15, 0.2) is 65.8 Å². The Bertz CT molecular complexity index is 1230. The number of sulfonamides is 1. The summed E-state index contributed by atoms with van der Waals surface area (Å²) >= 11 is 0. The summed E-state index contributed by atoms with van der Waals surface area (Å²) in [5, 5.41) is 2.16. The third-order valence-corrected chi connectivity index (χ3v) is 8.37. The maximum Gasteiger partial charge on any atom is 0.240 e. The molecule has 2 aromatic carbocycles. The fourth-order valence-corrected chi connectivity index (χ4v) is 6.20. The van der Waals surface area contributed by atoms with Crippen LogP contribution in [0.1, 0.15) is 55.6 Å². The number of Topliss-reactive ketones (excluding diaryl/α,β-unsaturated/α-hetero) is 1. The molecule has 166 valence electrons. The highest BCUT2D eigenvalue weighted by Gasteiger charge is 2.43. The van der Waals surface area contributed by atoms with Crippen molar-refractivity contribution in [2.24, 2.45) is 5.92 Å². The van der Waals surface area contributed by atoms with Crippen molar-refractivity contribution in [2.75, 3.05) is 0 Å². The van der Waals surface area contributed by atoms with Gasteiger partial charge in [-0.25, -0.2) is 13.1 Å². The molecule has 32 heavy (non-hydrogen) atoms. The summed E-state index contributed by atoms with van der Waals surface area (Å²) in [6.07, 6.45) is 10.0. The van der Waals surface area contributed by atoms with E-state index in [2.05, 4.69) is 15.8 Å². The number of pyridine rings is 1. The largest absolute Gasteiger partial charge is 0.299 e. The Balaban J connectivity index is 1.21. The van der Waals surface area contributed by atoms with E-state index < -0.39 is 10.0 Å². The second-order valence-electron chi connectivity index (χ2n) is 9.17. The minimum atomic E-state index is -3.49. The van der Waals surface area contributed by atoms with Crippen LogP contribution in [0.5, 0.6) is 0 Å². The number of nitrogens with one attached hydrogen (secondary N) is 1. The Morgan fingerprint density at radius 1 is 0.969 bits per heavy atom. The van der Waals surface area contributed by atoms with Gasteiger partial charge in [-0.1, -0.05) is 49.6 Å². The third kappa shape index (κ3) is 4.62. The molecule has 1 N–H and O–H groups in total. The van der Waals surface area contributed by atoms with E-state index in [4.69, 9.17) is 0 Å². The predicted octanol–water partition coefficient (Wildman–Crippen LogP) is 4.76. The molecule has 0 spiro atoms. The van der Waals surface area contributed by atoms with Gasteiger partial charge in [-0.3, -0.25) is 9.78 Å². The van der Waals surface area contributed by atoms with Gasteiger partial charge < -0.3 is 0 Å². The fraction of sp³-hybridized carbons (Fsp3) is 0.385. The van der Waals surface area contributed by atoms with Crippen LogP contribution in [0.3, 0.4) is 0 Å². The highest BCUT2D eigenvalue weighted by molar-refractivity contribution is 7.89. The van der Waals surface area contributed by atoms with Crippen molar-refractivity contribution in [3.05, 3.63) is 72.1 Å². The molecule has 2 aliphatic carbocycles. The first-order valence-corrected chi connectivity index (χ1v) is 13.0. The van der Waals surface area contributed by atoms with E-state index in [1.54, 1.807) is 18.3 Å². The number of hydrogen-bond donors (Lipinski definition) is 1. The van der Waals surface area contributed by atoms with Crippen LogP contribution in [-0.4, -0.2) is 25.2 Å². The van der Waals surface area contributed by atoms with Crippen molar-refractivity contribution < 1.29 is 13.2 Å². The summed E-state index contributed by atoms with van der Waals surface area (Å²) in [6.45, 7) is 0. The van der Waals surface area contributed by atoms with E-state index in [9.17, 15) is 13.2 Å². The molecule has 2 saturated carbocycles. The molecule has 0 aliphatic heterocycles. The SMILES string of the molecule is O=C(Cc1ccc2cnccc2c1)C1CC1c1ccc(S(=O)(=O)NC2CCCCC2)cc1. The molecule has 0 bridgehead atoms. The van der Waals surface area contributed by atoms with E-state index >= 15 is 0 Å². The Kier molecular flexibility index (Phi) is 5.82. The van der Waals surface area contributed by atoms with E-state index in [1.165, 1.54) is 6.42 Å². The van der Waals surface area contributed by atoms with Crippen LogP contribution in [0.4, 0.5) is 0 Å². The molecule has 1 heterocycles. The molecule has 2 atom stereocenters. The first-order chi connectivity index (χ1) is 15.5. The monoisotopic (exact) mass is 448 g/mol. The van der Waals surface area contributed by atoms with E-state index in [-0.39, 0.29) is 23.7 Å². The lowest BCUT2D eigenvalue weighted by molar-refractivity contribution is -0.119. The van der Waals surface area contributed by atoms with Crippen molar-refractivity contribution in [2.45, 2.75) is 61.8 Å². The third-order valence-electron chi connectivity index (χ3n) is 6.83. The normalized spacial score (nSPS) is 21.5. The lowest BCUT2D eigenvalue weighted by atomic mass is 9.96. The average molecular weight is 449 g/mol.